The van der Waals surface area contributed by atoms with Crippen molar-refractivity contribution in [2.24, 2.45) is 5.92 Å². The maximum Gasteiger partial charge on any atom is 0.311 e. The van der Waals surface area contributed by atoms with Crippen molar-refractivity contribution in [1.82, 2.24) is 0 Å². The van der Waals surface area contributed by atoms with E-state index < -0.39 is 29.3 Å². The largest absolute Gasteiger partial charge is 0.494 e. The van der Waals surface area contributed by atoms with Gasteiger partial charge in [0.05, 0.1) is 39.8 Å². The number of nitrogens with zero attached hydrogens (tertiary/aromatic N) is 2. The molecule has 10 nitrogen and oxygen atoms in total. The number of carbonyl (C=O) groups excluding carboxylic acids is 3. The number of nitro benzene ring substituents is 1. The fourth-order valence-electron chi connectivity index (χ4n) is 3.13. The summed E-state index contributed by atoms with van der Waals surface area (Å²) in [6, 6.07) is 8.32. The molecule has 12 heteroatoms. The number of nitro groups is 1. The van der Waals surface area contributed by atoms with Crippen LogP contribution in [0, 0.1) is 16.0 Å². The zero-order chi connectivity index (χ0) is 23.4. The van der Waals surface area contributed by atoms with Gasteiger partial charge in [-0.3, -0.25) is 24.5 Å². The van der Waals surface area contributed by atoms with Gasteiger partial charge in [0.1, 0.15) is 5.75 Å². The lowest BCUT2D eigenvalue weighted by Crippen LogP contribution is -2.28. The van der Waals surface area contributed by atoms with Gasteiger partial charge in [0.15, 0.2) is 6.61 Å². The molecule has 1 atom stereocenters. The Kier molecular flexibility index (Phi) is 7.16. The molecule has 0 spiro atoms. The number of halogens is 2. The number of methoxy groups -OCH3 is 1. The van der Waals surface area contributed by atoms with Crippen molar-refractivity contribution in [3.63, 3.8) is 0 Å². The molecule has 1 aliphatic rings. The normalized spacial score (nSPS) is 15.4. The van der Waals surface area contributed by atoms with Crippen LogP contribution in [0.3, 0.4) is 0 Å². The molecule has 1 N–H and O–H groups in total. The predicted molar refractivity (Wildman–Crippen MR) is 116 cm³/mol. The monoisotopic (exact) mass is 481 g/mol. The molecule has 0 radical (unpaired) electrons. The van der Waals surface area contributed by atoms with Crippen molar-refractivity contribution in [1.29, 1.82) is 0 Å². The number of esters is 1. The van der Waals surface area contributed by atoms with Gasteiger partial charge in [0, 0.05) is 24.7 Å². The van der Waals surface area contributed by atoms with Crippen molar-refractivity contribution < 1.29 is 28.8 Å². The summed E-state index contributed by atoms with van der Waals surface area (Å²) in [5, 5.41) is 14.1. The molecule has 0 bridgehead atoms. The number of non-ortho nitro benzene ring substituents is 1. The first-order valence-electron chi connectivity index (χ1n) is 9.24. The molecule has 1 heterocycles. The van der Waals surface area contributed by atoms with Crippen LogP contribution >= 0.6 is 23.2 Å². The van der Waals surface area contributed by atoms with Crippen molar-refractivity contribution >= 4 is 58.0 Å². The molecule has 1 aliphatic heterocycles. The Morgan fingerprint density at radius 3 is 2.62 bits per heavy atom. The summed E-state index contributed by atoms with van der Waals surface area (Å²) >= 11 is 11.7. The maximum atomic E-state index is 12.4. The van der Waals surface area contributed by atoms with Crippen molar-refractivity contribution in [2.45, 2.75) is 6.42 Å². The van der Waals surface area contributed by atoms with Crippen LogP contribution in [0.1, 0.15) is 6.42 Å². The molecular weight excluding hydrogens is 465 g/mol. The van der Waals surface area contributed by atoms with E-state index in [4.69, 9.17) is 32.7 Å². The Morgan fingerprint density at radius 1 is 1.22 bits per heavy atom. The number of ether oxygens (including phenoxy) is 2. The zero-order valence-electron chi connectivity index (χ0n) is 16.7. The van der Waals surface area contributed by atoms with Crippen LogP contribution in [0.15, 0.2) is 36.4 Å². The van der Waals surface area contributed by atoms with E-state index in [1.54, 1.807) is 6.07 Å². The van der Waals surface area contributed by atoms with Gasteiger partial charge < -0.3 is 19.7 Å². The lowest BCUT2D eigenvalue weighted by Gasteiger charge is -2.19. The molecule has 2 amide bonds. The minimum Gasteiger partial charge on any atom is -0.494 e. The molecule has 0 unspecified atom stereocenters. The fourth-order valence-corrected chi connectivity index (χ4v) is 3.42. The second-order valence-electron chi connectivity index (χ2n) is 6.80. The Balaban J connectivity index is 1.59. The molecule has 0 saturated carbocycles. The second kappa shape index (κ2) is 9.84. The van der Waals surface area contributed by atoms with Crippen molar-refractivity contribution in [3.05, 3.63) is 56.6 Å². The van der Waals surface area contributed by atoms with Crippen LogP contribution in [0.2, 0.25) is 10.0 Å². The summed E-state index contributed by atoms with van der Waals surface area (Å²) in [4.78, 5) is 48.5. The highest BCUT2D eigenvalue weighted by Gasteiger charge is 2.37. The van der Waals surface area contributed by atoms with Gasteiger partial charge >= 0.3 is 5.97 Å². The molecule has 3 rings (SSSR count). The average molecular weight is 482 g/mol. The second-order valence-corrected chi connectivity index (χ2v) is 7.62. The van der Waals surface area contributed by atoms with Crippen LogP contribution in [-0.2, 0) is 19.1 Å². The number of carbonyl (C=O) groups is 3. The fraction of sp³-hybridized carbons (Fsp3) is 0.250. The van der Waals surface area contributed by atoms with E-state index in [0.29, 0.717) is 16.4 Å². The van der Waals surface area contributed by atoms with Gasteiger partial charge in [0.2, 0.25) is 5.91 Å². The number of benzene rings is 2. The number of hydrogen-bond donors (Lipinski definition) is 1. The molecule has 1 saturated heterocycles. The minimum absolute atomic E-state index is 0.0136. The number of amides is 2. The van der Waals surface area contributed by atoms with E-state index in [9.17, 15) is 24.5 Å². The molecule has 0 aliphatic carbocycles. The Labute approximate surface area is 192 Å². The third-order valence-electron chi connectivity index (χ3n) is 4.67. The smallest absolute Gasteiger partial charge is 0.311 e. The summed E-state index contributed by atoms with van der Waals surface area (Å²) in [6.45, 7) is -0.565. The van der Waals surface area contributed by atoms with E-state index in [1.165, 1.54) is 42.3 Å². The van der Waals surface area contributed by atoms with Gasteiger partial charge in [-0.15, -0.1) is 0 Å². The molecular formula is C20H17Cl2N3O7. The van der Waals surface area contributed by atoms with Crippen molar-refractivity contribution in [2.75, 3.05) is 30.5 Å². The first kappa shape index (κ1) is 23.3. The van der Waals surface area contributed by atoms with E-state index in [2.05, 4.69) is 5.32 Å². The average Bonchev–Trinajstić information content (AvgIpc) is 3.15. The topological polar surface area (TPSA) is 128 Å². The number of rotatable bonds is 7. The van der Waals surface area contributed by atoms with Gasteiger partial charge in [-0.1, -0.05) is 23.2 Å². The molecule has 168 valence electrons. The van der Waals surface area contributed by atoms with E-state index in [0.717, 1.165) is 0 Å². The quantitative estimate of drug-likeness (QED) is 0.364. The van der Waals surface area contributed by atoms with Crippen LogP contribution in [0.5, 0.6) is 5.75 Å². The highest BCUT2D eigenvalue weighted by atomic mass is 35.5. The Bertz CT molecular complexity index is 1090. The summed E-state index contributed by atoms with van der Waals surface area (Å²) in [5.74, 6) is -2.36. The summed E-state index contributed by atoms with van der Waals surface area (Å²) < 4.78 is 10.2. The number of hydrogen-bond acceptors (Lipinski definition) is 7. The van der Waals surface area contributed by atoms with Gasteiger partial charge in [-0.05, 0) is 24.3 Å². The molecule has 32 heavy (non-hydrogen) atoms. The SMILES string of the molecule is COc1cc([N+](=O)[O-])ccc1N1C[C@H](C(=O)OCC(=O)Nc2ccc(Cl)c(Cl)c2)CC1=O. The van der Waals surface area contributed by atoms with Crippen LogP contribution in [-0.4, -0.2) is 43.0 Å². The zero-order valence-corrected chi connectivity index (χ0v) is 18.2. The third kappa shape index (κ3) is 5.27. The van der Waals surface area contributed by atoms with Gasteiger partial charge in [-0.2, -0.15) is 0 Å². The number of anilines is 2. The van der Waals surface area contributed by atoms with Crippen molar-refractivity contribution in [3.8, 4) is 5.75 Å². The lowest BCUT2D eigenvalue weighted by molar-refractivity contribution is -0.384. The lowest BCUT2D eigenvalue weighted by atomic mass is 10.1. The minimum atomic E-state index is -0.805. The highest BCUT2D eigenvalue weighted by molar-refractivity contribution is 6.42. The molecule has 2 aromatic carbocycles. The van der Waals surface area contributed by atoms with E-state index >= 15 is 0 Å². The Hall–Kier alpha value is -3.37. The van der Waals surface area contributed by atoms with Gasteiger partial charge in [0.25, 0.3) is 11.6 Å². The molecule has 1 fully saturated rings. The van der Waals surface area contributed by atoms with Crippen LogP contribution in [0.4, 0.5) is 17.1 Å². The maximum absolute atomic E-state index is 12.4. The summed E-state index contributed by atoms with van der Waals surface area (Å²) in [5.41, 5.74) is 0.491. The first-order valence-corrected chi connectivity index (χ1v) is 9.99. The van der Waals surface area contributed by atoms with E-state index in [-0.39, 0.29) is 35.3 Å². The van der Waals surface area contributed by atoms with Crippen LogP contribution < -0.4 is 15.0 Å². The summed E-state index contributed by atoms with van der Waals surface area (Å²) in [7, 11) is 1.32. The van der Waals surface area contributed by atoms with E-state index in [1.807, 2.05) is 0 Å². The highest BCUT2D eigenvalue weighted by Crippen LogP contribution is 2.36. The third-order valence-corrected chi connectivity index (χ3v) is 5.41. The van der Waals surface area contributed by atoms with Crippen LogP contribution in [0.25, 0.3) is 0 Å². The Morgan fingerprint density at radius 2 is 1.97 bits per heavy atom. The predicted octanol–water partition coefficient (Wildman–Crippen LogP) is 3.45. The standard InChI is InChI=1S/C20H17Cl2N3O7/c1-31-17-8-13(25(29)30)3-5-16(17)24-9-11(6-19(24)27)20(28)32-10-18(26)23-12-2-4-14(21)15(22)7-12/h2-5,7-8,11H,6,9-10H2,1H3,(H,23,26)/t11-/m1/s1. The van der Waals surface area contributed by atoms with Gasteiger partial charge in [-0.25, -0.2) is 0 Å². The first-order chi connectivity index (χ1) is 15.2. The summed E-state index contributed by atoms with van der Waals surface area (Å²) in [6.07, 6.45) is -0.132. The molecule has 2 aromatic rings. The molecule has 0 aromatic heterocycles. The number of nitrogens with one attached hydrogen (secondary N) is 1.